The highest BCUT2D eigenvalue weighted by Gasteiger charge is 2.22. The molecule has 1 amide bonds. The Hall–Kier alpha value is -1.71. The Balaban J connectivity index is 4.98. The maximum atomic E-state index is 11.6. The number of nitrogens with one attached hydrogen (secondary N) is 1. The van der Waals surface area contributed by atoms with Gasteiger partial charge in [-0.05, 0) is 6.72 Å². The third-order valence-electron chi connectivity index (χ3n) is 1.69. The minimum Gasteiger partial charge on any atom is -0.310 e. The second kappa shape index (κ2) is 5.24. The van der Waals surface area contributed by atoms with Crippen molar-refractivity contribution < 1.29 is 9.59 Å². The van der Waals surface area contributed by atoms with Crippen LogP contribution in [0.2, 0.25) is 0 Å². The van der Waals surface area contributed by atoms with E-state index in [2.05, 4.69) is 23.6 Å². The van der Waals surface area contributed by atoms with Gasteiger partial charge in [-0.2, -0.15) is 0 Å². The zero-order valence-corrected chi connectivity index (χ0v) is 9.33. The molecule has 0 rings (SSSR count). The topological polar surface area (TPSA) is 58.5 Å². The lowest BCUT2D eigenvalue weighted by molar-refractivity contribution is -0.127. The molecule has 0 bridgehead atoms. The molecule has 1 N–H and O–H groups in total. The summed E-state index contributed by atoms with van der Waals surface area (Å²) in [7, 11) is 0. The molecule has 0 spiro atoms. The zero-order chi connectivity index (χ0) is 12.1. The van der Waals surface area contributed by atoms with Crippen molar-refractivity contribution in [3.63, 3.8) is 0 Å². The van der Waals surface area contributed by atoms with Gasteiger partial charge in [-0.25, -0.2) is 4.99 Å². The smallest absolute Gasteiger partial charge is 0.230 e. The zero-order valence-electron chi connectivity index (χ0n) is 9.33. The fourth-order valence-corrected chi connectivity index (χ4v) is 0.699. The lowest BCUT2D eigenvalue weighted by Gasteiger charge is -2.17. The van der Waals surface area contributed by atoms with Crippen molar-refractivity contribution in [3.8, 4) is 0 Å². The Bertz CT molecular complexity index is 312. The first-order valence-electron chi connectivity index (χ1n) is 4.47. The number of carbonyl (C=O) groups is 2. The number of carbonyl (C=O) groups excluding carboxylic acids is 2. The summed E-state index contributed by atoms with van der Waals surface area (Å²) < 4.78 is 0. The van der Waals surface area contributed by atoms with E-state index in [0.717, 1.165) is 0 Å². The van der Waals surface area contributed by atoms with Gasteiger partial charge in [0.05, 0.1) is 5.57 Å². The van der Waals surface area contributed by atoms with Crippen LogP contribution >= 0.6 is 0 Å². The van der Waals surface area contributed by atoms with Gasteiger partial charge in [0.2, 0.25) is 5.91 Å². The van der Waals surface area contributed by atoms with Crippen LogP contribution in [0.3, 0.4) is 0 Å². The Morgan fingerprint density at radius 3 is 2.20 bits per heavy atom. The van der Waals surface area contributed by atoms with E-state index in [-0.39, 0.29) is 17.3 Å². The van der Waals surface area contributed by atoms with Crippen LogP contribution in [0.1, 0.15) is 20.8 Å². The molecule has 0 aromatic heterocycles. The molecule has 0 radical (unpaired) electrons. The Morgan fingerprint density at radius 2 is 1.93 bits per heavy atom. The second-order valence-electron chi connectivity index (χ2n) is 3.99. The van der Waals surface area contributed by atoms with Crippen molar-refractivity contribution in [2.24, 2.45) is 10.4 Å². The van der Waals surface area contributed by atoms with Crippen LogP contribution < -0.4 is 5.32 Å². The third kappa shape index (κ3) is 3.89. The number of aliphatic imine (C=N–C) groups is 1. The van der Waals surface area contributed by atoms with Gasteiger partial charge in [0.25, 0.3) is 0 Å². The predicted octanol–water partition coefficient (Wildman–Crippen LogP) is 1.45. The summed E-state index contributed by atoms with van der Waals surface area (Å²) in [6, 6.07) is 0. The largest absolute Gasteiger partial charge is 0.310 e. The van der Waals surface area contributed by atoms with Gasteiger partial charge in [-0.15, -0.1) is 0 Å². The molecule has 0 fully saturated rings. The van der Waals surface area contributed by atoms with Gasteiger partial charge < -0.3 is 5.32 Å². The molecule has 0 heterocycles. The first kappa shape index (κ1) is 13.3. The molecule has 0 aromatic rings. The lowest BCUT2D eigenvalue weighted by atomic mass is 9.96. The summed E-state index contributed by atoms with van der Waals surface area (Å²) in [6.45, 7) is 12.0. The average molecular weight is 208 g/mol. The molecule has 0 aromatic carbocycles. The van der Waals surface area contributed by atoms with Crippen molar-refractivity contribution in [2.75, 3.05) is 0 Å². The van der Waals surface area contributed by atoms with Crippen LogP contribution in [-0.2, 0) is 9.59 Å². The minimum atomic E-state index is -0.550. The summed E-state index contributed by atoms with van der Waals surface area (Å²) in [4.78, 5) is 25.8. The van der Waals surface area contributed by atoms with Gasteiger partial charge in [-0.3, -0.25) is 9.59 Å². The van der Waals surface area contributed by atoms with Gasteiger partial charge >= 0.3 is 0 Å². The van der Waals surface area contributed by atoms with E-state index >= 15 is 0 Å². The summed E-state index contributed by atoms with van der Waals surface area (Å²) >= 11 is 0. The van der Waals surface area contributed by atoms with E-state index in [9.17, 15) is 9.59 Å². The van der Waals surface area contributed by atoms with E-state index in [1.807, 2.05) is 0 Å². The van der Waals surface area contributed by atoms with Crippen LogP contribution in [0, 0.1) is 5.41 Å². The highest BCUT2D eigenvalue weighted by molar-refractivity contribution is 5.86. The fourth-order valence-electron chi connectivity index (χ4n) is 0.699. The molecule has 0 atom stereocenters. The molecule has 15 heavy (non-hydrogen) atoms. The molecule has 0 saturated carbocycles. The Morgan fingerprint density at radius 1 is 1.40 bits per heavy atom. The highest BCUT2D eigenvalue weighted by atomic mass is 16.2. The van der Waals surface area contributed by atoms with Gasteiger partial charge in [0, 0.05) is 5.41 Å². The number of allylic oxidation sites excluding steroid dienone is 2. The normalized spacial score (nSPS) is 12.5. The molecule has 0 aliphatic rings. The molecule has 0 aliphatic carbocycles. The van der Waals surface area contributed by atoms with E-state index in [1.54, 1.807) is 20.8 Å². The number of hydrogen-bond donors (Lipinski definition) is 1. The molecule has 4 nitrogen and oxygen atoms in total. The number of rotatable bonds is 4. The monoisotopic (exact) mass is 208 g/mol. The summed E-state index contributed by atoms with van der Waals surface area (Å²) in [5, 5.41) is 2.52. The number of hydrogen-bond acceptors (Lipinski definition) is 3. The number of aldehydes is 1. The van der Waals surface area contributed by atoms with Crippen LogP contribution in [-0.4, -0.2) is 18.9 Å². The summed E-state index contributed by atoms with van der Waals surface area (Å²) in [5.74, 6) is -0.0916. The Kier molecular flexibility index (Phi) is 4.64. The molecule has 4 heteroatoms. The summed E-state index contributed by atoms with van der Waals surface area (Å²) in [5.41, 5.74) is -0.340. The SMILES string of the molecule is C=C/C(C=O)=C(\N=C)NC(=O)C(C)(C)C. The van der Waals surface area contributed by atoms with Crippen LogP contribution in [0.4, 0.5) is 0 Å². The standard InChI is InChI=1S/C11H16N2O2/c1-6-8(7-14)9(12-5)13-10(15)11(2,3)4/h6-7H,1,5H2,2-4H3,(H,13,15)/b9-8-. The molecule has 82 valence electrons. The lowest BCUT2D eigenvalue weighted by Crippen LogP contribution is -2.34. The summed E-state index contributed by atoms with van der Waals surface area (Å²) in [6.07, 6.45) is 1.89. The van der Waals surface area contributed by atoms with E-state index in [0.29, 0.717) is 6.29 Å². The van der Waals surface area contributed by atoms with E-state index < -0.39 is 5.41 Å². The van der Waals surface area contributed by atoms with Crippen LogP contribution in [0.15, 0.2) is 29.0 Å². The highest BCUT2D eigenvalue weighted by Crippen LogP contribution is 2.14. The molecular weight excluding hydrogens is 192 g/mol. The van der Waals surface area contributed by atoms with Crippen molar-refractivity contribution in [3.05, 3.63) is 24.0 Å². The molecule has 0 saturated heterocycles. The van der Waals surface area contributed by atoms with Crippen molar-refractivity contribution >= 4 is 18.9 Å². The third-order valence-corrected chi connectivity index (χ3v) is 1.69. The first-order chi connectivity index (χ1) is 6.86. The maximum absolute atomic E-state index is 11.6. The van der Waals surface area contributed by atoms with Gasteiger partial charge in [0.15, 0.2) is 6.29 Å². The van der Waals surface area contributed by atoms with Gasteiger partial charge in [-0.1, -0.05) is 33.4 Å². The fraction of sp³-hybridized carbons (Fsp3) is 0.364. The molecule has 0 aliphatic heterocycles. The quantitative estimate of drug-likeness (QED) is 0.329. The van der Waals surface area contributed by atoms with Crippen LogP contribution in [0.5, 0.6) is 0 Å². The first-order valence-corrected chi connectivity index (χ1v) is 4.47. The number of nitrogens with zero attached hydrogens (tertiary/aromatic N) is 1. The maximum Gasteiger partial charge on any atom is 0.230 e. The van der Waals surface area contributed by atoms with Crippen molar-refractivity contribution in [1.82, 2.24) is 5.32 Å². The minimum absolute atomic E-state index is 0.139. The van der Waals surface area contributed by atoms with Crippen LogP contribution in [0.25, 0.3) is 0 Å². The van der Waals surface area contributed by atoms with Gasteiger partial charge in [0.1, 0.15) is 5.82 Å². The van der Waals surface area contributed by atoms with E-state index in [4.69, 9.17) is 0 Å². The van der Waals surface area contributed by atoms with E-state index in [1.165, 1.54) is 6.08 Å². The van der Waals surface area contributed by atoms with Crippen molar-refractivity contribution in [2.45, 2.75) is 20.8 Å². The number of amides is 1. The predicted molar refractivity (Wildman–Crippen MR) is 60.4 cm³/mol. The second-order valence-corrected chi connectivity index (χ2v) is 3.99. The molecule has 0 unspecified atom stereocenters. The Labute approximate surface area is 89.8 Å². The van der Waals surface area contributed by atoms with Crippen molar-refractivity contribution in [1.29, 1.82) is 0 Å². The molecular formula is C11H16N2O2. The average Bonchev–Trinajstić information content (AvgIpc) is 2.16.